The quantitative estimate of drug-likeness (QED) is 0.229. The Morgan fingerprint density at radius 3 is 2.61 bits per heavy atom. The van der Waals surface area contributed by atoms with Crippen LogP contribution in [0.5, 0.6) is 0 Å². The molecule has 3 aromatic carbocycles. The predicted molar refractivity (Wildman–Crippen MR) is 145 cm³/mol. The summed E-state index contributed by atoms with van der Waals surface area (Å²) in [4.78, 5) is 23.9. The van der Waals surface area contributed by atoms with Crippen molar-refractivity contribution in [2.75, 3.05) is 5.32 Å². The number of carbonyl (C=O) groups is 2. The third-order valence-corrected chi connectivity index (χ3v) is 6.61. The van der Waals surface area contributed by atoms with Crippen LogP contribution >= 0.6 is 11.6 Å². The van der Waals surface area contributed by atoms with Gasteiger partial charge in [0.15, 0.2) is 5.76 Å². The van der Waals surface area contributed by atoms with E-state index in [1.807, 2.05) is 60.7 Å². The molecule has 5 aromatic rings. The summed E-state index contributed by atoms with van der Waals surface area (Å²) in [6.45, 7) is 3.36. The highest BCUT2D eigenvalue weighted by Crippen LogP contribution is 2.34. The molecule has 0 bridgehead atoms. The van der Waals surface area contributed by atoms with Gasteiger partial charge in [-0.05, 0) is 55.3 Å². The average molecular weight is 530 g/mol. The van der Waals surface area contributed by atoms with Crippen LogP contribution in [0.4, 0.5) is 10.5 Å². The number of anilines is 1. The van der Waals surface area contributed by atoms with E-state index in [2.05, 4.69) is 10.5 Å². The molecule has 1 atom stereocenters. The number of aromatic nitrogens is 2. The number of carbonyl (C=O) groups excluding carboxylic acids is 1. The summed E-state index contributed by atoms with van der Waals surface area (Å²) in [6, 6.07) is 22.6. The molecule has 9 heteroatoms. The lowest BCUT2D eigenvalue weighted by molar-refractivity contribution is -0.137. The van der Waals surface area contributed by atoms with Crippen molar-refractivity contribution < 1.29 is 24.0 Å². The van der Waals surface area contributed by atoms with Crippen LogP contribution in [0.15, 0.2) is 83.5 Å². The number of aliphatic carboxylic acids is 1. The van der Waals surface area contributed by atoms with E-state index < -0.39 is 18.2 Å². The Morgan fingerprint density at radius 1 is 1.05 bits per heavy atom. The third kappa shape index (κ3) is 5.12. The second kappa shape index (κ2) is 10.4. The van der Waals surface area contributed by atoms with Gasteiger partial charge in [-0.3, -0.25) is 10.1 Å². The van der Waals surface area contributed by atoms with Gasteiger partial charge >= 0.3 is 12.1 Å². The van der Waals surface area contributed by atoms with Gasteiger partial charge in [0, 0.05) is 33.2 Å². The van der Waals surface area contributed by atoms with Gasteiger partial charge in [-0.15, -0.1) is 0 Å². The Bertz CT molecular complexity index is 1660. The summed E-state index contributed by atoms with van der Waals surface area (Å²) in [6.07, 6.45) is 0.550. The average Bonchev–Trinajstić information content (AvgIpc) is 3.46. The van der Waals surface area contributed by atoms with Gasteiger partial charge < -0.3 is 18.9 Å². The monoisotopic (exact) mass is 529 g/mol. The lowest BCUT2D eigenvalue weighted by Crippen LogP contribution is -2.17. The van der Waals surface area contributed by atoms with Gasteiger partial charge in [0.05, 0.1) is 0 Å². The van der Waals surface area contributed by atoms with Crippen molar-refractivity contribution in [2.45, 2.75) is 26.5 Å². The Balaban J connectivity index is 1.39. The van der Waals surface area contributed by atoms with Crippen LogP contribution in [0.3, 0.4) is 0 Å². The van der Waals surface area contributed by atoms with E-state index in [0.29, 0.717) is 27.7 Å². The number of hydrogen-bond donors (Lipinski definition) is 2. The number of halogens is 1. The van der Waals surface area contributed by atoms with Crippen molar-refractivity contribution >= 4 is 40.3 Å². The van der Waals surface area contributed by atoms with E-state index in [0.717, 1.165) is 27.6 Å². The first-order chi connectivity index (χ1) is 18.3. The molecule has 0 spiro atoms. The lowest BCUT2D eigenvalue weighted by Gasteiger charge is -2.15. The molecular weight excluding hydrogens is 506 g/mol. The van der Waals surface area contributed by atoms with Crippen LogP contribution in [-0.2, 0) is 16.1 Å². The van der Waals surface area contributed by atoms with Gasteiger partial charge in [0.25, 0.3) is 0 Å². The molecule has 1 unspecified atom stereocenters. The highest BCUT2D eigenvalue weighted by molar-refractivity contribution is 6.31. The lowest BCUT2D eigenvalue weighted by atomic mass is 10.00. The Kier molecular flexibility index (Phi) is 6.89. The first kappa shape index (κ1) is 25.1. The van der Waals surface area contributed by atoms with Crippen LogP contribution in [-0.4, -0.2) is 26.9 Å². The van der Waals surface area contributed by atoms with Crippen LogP contribution in [0.25, 0.3) is 33.3 Å². The van der Waals surface area contributed by atoms with Gasteiger partial charge in [-0.25, -0.2) is 4.79 Å². The molecule has 0 aliphatic rings. The number of aryl methyl sites for hydroxylation is 1. The fraction of sp³-hybridized carbons (Fsp3) is 0.138. The summed E-state index contributed by atoms with van der Waals surface area (Å²) >= 11 is 6.23. The molecule has 1 amide bonds. The van der Waals surface area contributed by atoms with E-state index >= 15 is 0 Å². The number of amides is 1. The molecule has 2 heterocycles. The number of benzene rings is 3. The summed E-state index contributed by atoms with van der Waals surface area (Å²) in [5, 5.41) is 17.5. The maximum atomic E-state index is 12.7. The number of ether oxygens (including phenoxy) is 1. The number of rotatable bonds is 7. The minimum atomic E-state index is -0.895. The number of fused-ring (bicyclic) bond motifs is 1. The van der Waals surface area contributed by atoms with Crippen molar-refractivity contribution in [3.8, 4) is 22.4 Å². The number of nitrogens with one attached hydrogen (secondary N) is 1. The highest BCUT2D eigenvalue weighted by atomic mass is 35.5. The molecule has 0 radical (unpaired) electrons. The summed E-state index contributed by atoms with van der Waals surface area (Å²) in [5.74, 6) is -0.456. The molecule has 0 aliphatic carbocycles. The van der Waals surface area contributed by atoms with Crippen molar-refractivity contribution in [1.82, 2.24) is 9.72 Å². The molecule has 192 valence electrons. The zero-order valence-corrected chi connectivity index (χ0v) is 21.4. The second-order valence-electron chi connectivity index (χ2n) is 8.85. The molecule has 5 rings (SSSR count). The van der Waals surface area contributed by atoms with Crippen molar-refractivity contribution in [3.05, 3.63) is 95.3 Å². The summed E-state index contributed by atoms with van der Waals surface area (Å²) in [5.41, 5.74) is 5.06. The maximum Gasteiger partial charge on any atom is 0.412 e. The van der Waals surface area contributed by atoms with E-state index in [1.54, 1.807) is 36.7 Å². The predicted octanol–water partition coefficient (Wildman–Crippen LogP) is 7.32. The van der Waals surface area contributed by atoms with E-state index in [1.165, 1.54) is 0 Å². The Morgan fingerprint density at radius 2 is 1.82 bits per heavy atom. The molecule has 0 saturated carbocycles. The van der Waals surface area contributed by atoms with Crippen molar-refractivity contribution in [2.24, 2.45) is 0 Å². The summed E-state index contributed by atoms with van der Waals surface area (Å²) < 4.78 is 12.7. The minimum Gasteiger partial charge on any atom is -0.480 e. The molecule has 0 fully saturated rings. The highest BCUT2D eigenvalue weighted by Gasteiger charge is 2.21. The van der Waals surface area contributed by atoms with Crippen molar-refractivity contribution in [3.63, 3.8) is 0 Å². The molecule has 2 N–H and O–H groups in total. The zero-order chi connectivity index (χ0) is 26.8. The largest absolute Gasteiger partial charge is 0.480 e. The van der Waals surface area contributed by atoms with E-state index in [9.17, 15) is 9.59 Å². The standard InChI is InChI=1S/C29H24ClN3O5/c1-17(23-8-3-4-9-24(23)30)37-29(36)31-27-18(2)38-32-28(27)22-7-5-6-19(15-22)20-10-11-25-21(14-20)12-13-33(25)16-26(34)35/h3-15,17H,16H2,1-2H3,(H,31,36)(H,34,35). The van der Waals surface area contributed by atoms with Crippen molar-refractivity contribution in [1.29, 1.82) is 0 Å². The molecule has 38 heavy (non-hydrogen) atoms. The first-order valence-electron chi connectivity index (χ1n) is 11.9. The molecule has 0 aliphatic heterocycles. The topological polar surface area (TPSA) is 107 Å². The number of hydrogen-bond acceptors (Lipinski definition) is 5. The summed E-state index contributed by atoms with van der Waals surface area (Å²) in [7, 11) is 0. The third-order valence-electron chi connectivity index (χ3n) is 6.26. The number of carboxylic acids is 1. The zero-order valence-electron chi connectivity index (χ0n) is 20.6. The van der Waals surface area contributed by atoms with E-state index in [-0.39, 0.29) is 6.54 Å². The fourth-order valence-corrected chi connectivity index (χ4v) is 4.68. The van der Waals surface area contributed by atoms with Gasteiger partial charge in [0.2, 0.25) is 0 Å². The maximum absolute atomic E-state index is 12.7. The Hall–Kier alpha value is -4.56. The molecule has 0 saturated heterocycles. The Labute approximate surface area is 223 Å². The molecular formula is C29H24ClN3O5. The number of nitrogens with zero attached hydrogens (tertiary/aromatic N) is 2. The first-order valence-corrected chi connectivity index (χ1v) is 12.3. The smallest absolute Gasteiger partial charge is 0.412 e. The van der Waals surface area contributed by atoms with Crippen LogP contribution in [0, 0.1) is 6.92 Å². The van der Waals surface area contributed by atoms with Gasteiger partial charge in [0.1, 0.15) is 24.0 Å². The van der Waals surface area contributed by atoms with Crippen LogP contribution in [0.2, 0.25) is 5.02 Å². The van der Waals surface area contributed by atoms with Gasteiger partial charge in [-0.1, -0.05) is 59.2 Å². The van der Waals surface area contributed by atoms with Crippen LogP contribution < -0.4 is 5.32 Å². The minimum absolute atomic E-state index is 0.0980. The number of carboxylic acid groups (broad SMARTS) is 1. The molecule has 8 nitrogen and oxygen atoms in total. The fourth-order valence-electron chi connectivity index (χ4n) is 4.39. The van der Waals surface area contributed by atoms with Gasteiger partial charge in [-0.2, -0.15) is 0 Å². The SMILES string of the molecule is Cc1onc(-c2cccc(-c3ccc4c(ccn4CC(=O)O)c3)c2)c1NC(=O)OC(C)c1ccccc1Cl. The normalized spacial score (nSPS) is 11.9. The van der Waals surface area contributed by atoms with E-state index in [4.69, 9.17) is 26.0 Å². The molecule has 2 aromatic heterocycles. The second-order valence-corrected chi connectivity index (χ2v) is 9.26. The van der Waals surface area contributed by atoms with Crippen LogP contribution in [0.1, 0.15) is 24.4 Å².